The molecule has 0 bridgehead atoms. The van der Waals surface area contributed by atoms with Crippen LogP contribution in [0.4, 0.5) is 22.7 Å². The van der Waals surface area contributed by atoms with Crippen molar-refractivity contribution in [2.24, 2.45) is 0 Å². The van der Waals surface area contributed by atoms with Crippen molar-refractivity contribution in [3.8, 4) is 0 Å². The van der Waals surface area contributed by atoms with Crippen molar-refractivity contribution >= 4 is 22.7 Å². The van der Waals surface area contributed by atoms with Crippen LogP contribution in [0.25, 0.3) is 0 Å². The first kappa shape index (κ1) is 13.9. The fraction of sp³-hybridized carbons (Fsp3) is 0.143. The molecule has 0 unspecified atom stereocenters. The first-order valence-corrected chi connectivity index (χ1v) is 7.94. The topological polar surface area (TPSA) is 29.3 Å². The van der Waals surface area contributed by atoms with Gasteiger partial charge in [0.15, 0.2) is 0 Å². The molecule has 0 saturated carbocycles. The average Bonchev–Trinajstić information content (AvgIpc) is 2.57. The van der Waals surface area contributed by atoms with Gasteiger partial charge in [-0.2, -0.15) is 0 Å². The van der Waals surface area contributed by atoms with E-state index in [0.29, 0.717) is 0 Å². The highest BCUT2D eigenvalue weighted by Crippen LogP contribution is 2.51. The number of rotatable bonds is 1. The zero-order valence-electron chi connectivity index (χ0n) is 13.5. The van der Waals surface area contributed by atoms with Crippen LogP contribution in [0.1, 0.15) is 25.0 Å². The number of benzene rings is 3. The van der Waals surface area contributed by atoms with Gasteiger partial charge in [0.05, 0.1) is 11.4 Å². The van der Waals surface area contributed by atoms with E-state index >= 15 is 0 Å². The maximum atomic E-state index is 5.87. The number of nitrogens with zero attached hydrogens (tertiary/aromatic N) is 1. The third-order valence-electron chi connectivity index (χ3n) is 4.79. The Kier molecular flexibility index (Phi) is 2.95. The summed E-state index contributed by atoms with van der Waals surface area (Å²) in [5.41, 5.74) is 12.9. The van der Waals surface area contributed by atoms with E-state index in [1.807, 2.05) is 12.1 Å². The fourth-order valence-electron chi connectivity index (χ4n) is 3.57. The van der Waals surface area contributed by atoms with E-state index in [1.165, 1.54) is 22.5 Å². The average molecular weight is 300 g/mol. The van der Waals surface area contributed by atoms with E-state index in [1.54, 1.807) is 0 Å². The van der Waals surface area contributed by atoms with Crippen LogP contribution >= 0.6 is 0 Å². The Labute approximate surface area is 137 Å². The highest BCUT2D eigenvalue weighted by atomic mass is 15.2. The maximum Gasteiger partial charge on any atom is 0.0502 e. The monoisotopic (exact) mass is 300 g/mol. The largest absolute Gasteiger partial charge is 0.399 e. The Morgan fingerprint density at radius 2 is 1.17 bits per heavy atom. The molecule has 2 nitrogen and oxygen atoms in total. The summed E-state index contributed by atoms with van der Waals surface area (Å²) in [5.74, 6) is 0. The summed E-state index contributed by atoms with van der Waals surface area (Å²) in [5, 5.41) is 0. The van der Waals surface area contributed by atoms with Gasteiger partial charge in [0.2, 0.25) is 0 Å². The highest BCUT2D eigenvalue weighted by Gasteiger charge is 2.36. The summed E-state index contributed by atoms with van der Waals surface area (Å²) < 4.78 is 0. The van der Waals surface area contributed by atoms with Crippen LogP contribution in [0.15, 0.2) is 72.8 Å². The molecule has 1 aliphatic heterocycles. The Bertz CT molecular complexity index is 814. The molecule has 1 aliphatic rings. The number of nitrogens with two attached hydrogens (primary N) is 1. The normalized spacial score (nSPS) is 15.0. The summed E-state index contributed by atoms with van der Waals surface area (Å²) in [6, 6.07) is 25.4. The molecule has 4 rings (SSSR count). The number of para-hydroxylation sites is 2. The molecule has 0 radical (unpaired) electrons. The first-order chi connectivity index (χ1) is 11.1. The molecule has 3 aromatic rings. The lowest BCUT2D eigenvalue weighted by Gasteiger charge is -2.42. The zero-order chi connectivity index (χ0) is 16.0. The van der Waals surface area contributed by atoms with E-state index in [-0.39, 0.29) is 5.41 Å². The van der Waals surface area contributed by atoms with Crippen LogP contribution in [0.3, 0.4) is 0 Å². The second kappa shape index (κ2) is 4.88. The molecule has 0 aliphatic carbocycles. The summed E-state index contributed by atoms with van der Waals surface area (Å²) in [6.07, 6.45) is 0. The number of fused-ring (bicyclic) bond motifs is 2. The van der Waals surface area contributed by atoms with Gasteiger partial charge >= 0.3 is 0 Å². The van der Waals surface area contributed by atoms with Crippen molar-refractivity contribution < 1.29 is 0 Å². The van der Waals surface area contributed by atoms with Gasteiger partial charge in [-0.3, -0.25) is 0 Å². The Morgan fingerprint density at radius 3 is 1.70 bits per heavy atom. The van der Waals surface area contributed by atoms with Gasteiger partial charge < -0.3 is 10.6 Å². The van der Waals surface area contributed by atoms with Gasteiger partial charge in [-0.15, -0.1) is 0 Å². The van der Waals surface area contributed by atoms with Crippen LogP contribution in [-0.4, -0.2) is 0 Å². The van der Waals surface area contributed by atoms with Gasteiger partial charge in [-0.25, -0.2) is 0 Å². The van der Waals surface area contributed by atoms with Crippen LogP contribution in [-0.2, 0) is 5.41 Å². The van der Waals surface area contributed by atoms with Gasteiger partial charge in [0, 0.05) is 16.8 Å². The van der Waals surface area contributed by atoms with Crippen molar-refractivity contribution in [1.29, 1.82) is 0 Å². The van der Waals surface area contributed by atoms with Gasteiger partial charge in [-0.1, -0.05) is 50.2 Å². The number of nitrogen functional groups attached to an aromatic ring is 1. The van der Waals surface area contributed by atoms with Crippen LogP contribution in [0, 0.1) is 0 Å². The van der Waals surface area contributed by atoms with Crippen molar-refractivity contribution in [3.63, 3.8) is 0 Å². The third kappa shape index (κ3) is 2.02. The quantitative estimate of drug-likeness (QED) is 0.611. The molecule has 2 heteroatoms. The second-order valence-corrected chi connectivity index (χ2v) is 6.59. The molecule has 2 N–H and O–H groups in total. The Hall–Kier alpha value is -2.74. The second-order valence-electron chi connectivity index (χ2n) is 6.59. The molecule has 0 spiro atoms. The lowest BCUT2D eigenvalue weighted by molar-refractivity contribution is 0.632. The molecule has 114 valence electrons. The number of hydrogen-bond donors (Lipinski definition) is 1. The molecule has 0 saturated heterocycles. The summed E-state index contributed by atoms with van der Waals surface area (Å²) >= 11 is 0. The lowest BCUT2D eigenvalue weighted by atomic mass is 9.73. The highest BCUT2D eigenvalue weighted by molar-refractivity contribution is 5.85. The third-order valence-corrected chi connectivity index (χ3v) is 4.79. The number of anilines is 4. The molecule has 0 aromatic heterocycles. The van der Waals surface area contributed by atoms with Crippen molar-refractivity contribution in [2.75, 3.05) is 10.6 Å². The molecule has 0 amide bonds. The molecular weight excluding hydrogens is 280 g/mol. The molecule has 23 heavy (non-hydrogen) atoms. The number of hydrogen-bond acceptors (Lipinski definition) is 2. The van der Waals surface area contributed by atoms with Crippen molar-refractivity contribution in [3.05, 3.63) is 83.9 Å². The fourth-order valence-corrected chi connectivity index (χ4v) is 3.57. The van der Waals surface area contributed by atoms with Crippen molar-refractivity contribution in [2.45, 2.75) is 19.3 Å². The van der Waals surface area contributed by atoms with Crippen molar-refractivity contribution in [1.82, 2.24) is 0 Å². The Morgan fingerprint density at radius 1 is 0.696 bits per heavy atom. The van der Waals surface area contributed by atoms with Gasteiger partial charge in [-0.05, 0) is 47.5 Å². The van der Waals surface area contributed by atoms with E-state index in [0.717, 1.165) is 11.4 Å². The molecule has 1 heterocycles. The predicted molar refractivity (Wildman–Crippen MR) is 97.7 cm³/mol. The molecule has 0 fully saturated rings. The Balaban J connectivity index is 2.02. The van der Waals surface area contributed by atoms with Crippen LogP contribution in [0.2, 0.25) is 0 Å². The summed E-state index contributed by atoms with van der Waals surface area (Å²) in [4.78, 5) is 2.33. The minimum absolute atomic E-state index is 0.0164. The maximum absolute atomic E-state index is 5.87. The smallest absolute Gasteiger partial charge is 0.0502 e. The minimum atomic E-state index is -0.0164. The first-order valence-electron chi connectivity index (χ1n) is 7.94. The zero-order valence-corrected chi connectivity index (χ0v) is 13.5. The minimum Gasteiger partial charge on any atom is -0.399 e. The van der Waals surface area contributed by atoms with E-state index < -0.39 is 0 Å². The summed E-state index contributed by atoms with van der Waals surface area (Å²) in [7, 11) is 0. The van der Waals surface area contributed by atoms with E-state index in [9.17, 15) is 0 Å². The standard InChI is InChI=1S/C21H20N2/c1-21(2)17-7-3-5-9-19(17)23(16-13-11-15(22)12-14-16)20-10-6-4-8-18(20)21/h3-14H,22H2,1-2H3. The molecule has 3 aromatic carbocycles. The SMILES string of the molecule is CC1(C)c2ccccc2N(c2ccc(N)cc2)c2ccccc21. The van der Waals surface area contributed by atoms with Gasteiger partial charge in [0.1, 0.15) is 0 Å². The van der Waals surface area contributed by atoms with Gasteiger partial charge in [0.25, 0.3) is 0 Å². The molecule has 0 atom stereocenters. The van der Waals surface area contributed by atoms with E-state index in [4.69, 9.17) is 5.73 Å². The predicted octanol–water partition coefficient (Wildman–Crippen LogP) is 5.38. The summed E-state index contributed by atoms with van der Waals surface area (Å²) in [6.45, 7) is 4.59. The lowest BCUT2D eigenvalue weighted by Crippen LogP contribution is -2.30. The molecular formula is C21H20N2. The van der Waals surface area contributed by atoms with Crippen LogP contribution < -0.4 is 10.6 Å². The van der Waals surface area contributed by atoms with E-state index in [2.05, 4.69) is 79.4 Å². The van der Waals surface area contributed by atoms with Crippen LogP contribution in [0.5, 0.6) is 0 Å².